The van der Waals surface area contributed by atoms with Crippen molar-refractivity contribution in [2.24, 2.45) is 0 Å². The minimum Gasteiger partial charge on any atom is -0.283 e. The SMILES string of the molecule is N=c1ccccc(Cc2cccs2)n1.[H+]. The second-order valence-corrected chi connectivity index (χ2v) is 4.00. The van der Waals surface area contributed by atoms with E-state index in [1.165, 1.54) is 4.88 Å². The Labute approximate surface area is 87.9 Å². The monoisotopic (exact) mass is 203 g/mol. The van der Waals surface area contributed by atoms with Gasteiger partial charge in [-0.25, -0.2) is 4.98 Å². The Hall–Kier alpha value is -1.48. The van der Waals surface area contributed by atoms with Gasteiger partial charge < -0.3 is 0 Å². The highest BCUT2D eigenvalue weighted by Gasteiger charge is 1.96. The zero-order valence-corrected chi connectivity index (χ0v) is 8.42. The third-order valence-electron chi connectivity index (χ3n) is 1.85. The first-order valence-corrected chi connectivity index (χ1v) is 5.26. The minimum absolute atomic E-state index is 0. The number of nitrogens with zero attached hydrogens (tertiary/aromatic N) is 1. The molecule has 0 amide bonds. The van der Waals surface area contributed by atoms with E-state index < -0.39 is 0 Å². The van der Waals surface area contributed by atoms with Crippen LogP contribution in [0.25, 0.3) is 0 Å². The van der Waals surface area contributed by atoms with Crippen LogP contribution < -0.4 is 5.49 Å². The Balaban J connectivity index is 0.00000112. The Bertz CT molecular complexity index is 468. The summed E-state index contributed by atoms with van der Waals surface area (Å²) >= 11 is 1.72. The van der Waals surface area contributed by atoms with E-state index in [0.717, 1.165) is 12.1 Å². The largest absolute Gasteiger partial charge is 1.00 e. The summed E-state index contributed by atoms with van der Waals surface area (Å²) in [5.74, 6) is 0. The first-order chi connectivity index (χ1) is 6.84. The van der Waals surface area contributed by atoms with Crippen LogP contribution in [0.4, 0.5) is 0 Å². The molecule has 0 aromatic carbocycles. The van der Waals surface area contributed by atoms with E-state index in [0.29, 0.717) is 5.49 Å². The number of aromatic nitrogens is 1. The summed E-state index contributed by atoms with van der Waals surface area (Å²) in [6, 6.07) is 11.5. The van der Waals surface area contributed by atoms with E-state index in [1.54, 1.807) is 17.4 Å². The van der Waals surface area contributed by atoms with E-state index in [9.17, 15) is 0 Å². The van der Waals surface area contributed by atoms with Crippen molar-refractivity contribution in [3.05, 3.63) is 57.8 Å². The number of hydrogen-bond donors (Lipinski definition) is 1. The molecule has 0 bridgehead atoms. The van der Waals surface area contributed by atoms with Crippen LogP contribution in [-0.4, -0.2) is 4.98 Å². The summed E-state index contributed by atoms with van der Waals surface area (Å²) in [5.41, 5.74) is 1.27. The molecule has 0 fully saturated rings. The molecule has 0 aliphatic carbocycles. The van der Waals surface area contributed by atoms with Crippen molar-refractivity contribution in [1.82, 2.24) is 4.98 Å². The van der Waals surface area contributed by atoms with Gasteiger partial charge >= 0.3 is 1.43 Å². The fourth-order valence-electron chi connectivity index (χ4n) is 1.23. The minimum atomic E-state index is 0. The van der Waals surface area contributed by atoms with Crippen molar-refractivity contribution in [3.8, 4) is 0 Å². The summed E-state index contributed by atoms with van der Waals surface area (Å²) < 4.78 is 0. The third kappa shape index (κ3) is 2.26. The molecule has 14 heavy (non-hydrogen) atoms. The Morgan fingerprint density at radius 3 is 2.86 bits per heavy atom. The quantitative estimate of drug-likeness (QED) is 0.799. The molecule has 3 heteroatoms. The predicted octanol–water partition coefficient (Wildman–Crippen LogP) is 2.33. The molecule has 0 saturated heterocycles. The second kappa shape index (κ2) is 4.15. The maximum Gasteiger partial charge on any atom is 1.00 e. The summed E-state index contributed by atoms with van der Waals surface area (Å²) in [6.07, 6.45) is 0.818. The highest BCUT2D eigenvalue weighted by molar-refractivity contribution is 7.09. The van der Waals surface area contributed by atoms with Crippen molar-refractivity contribution in [2.45, 2.75) is 6.42 Å². The molecular weight excluding hydrogens is 192 g/mol. The predicted molar refractivity (Wildman–Crippen MR) is 58.3 cm³/mol. The van der Waals surface area contributed by atoms with Gasteiger partial charge in [0, 0.05) is 17.0 Å². The molecule has 2 rings (SSSR count). The first-order valence-electron chi connectivity index (χ1n) is 4.38. The van der Waals surface area contributed by atoms with E-state index >= 15 is 0 Å². The van der Waals surface area contributed by atoms with Gasteiger partial charge in [-0.3, -0.25) is 5.41 Å². The van der Waals surface area contributed by atoms with Gasteiger partial charge in [-0.15, -0.1) is 11.3 Å². The van der Waals surface area contributed by atoms with Gasteiger partial charge in [-0.1, -0.05) is 18.2 Å². The average Bonchev–Trinajstić information content (AvgIpc) is 2.56. The Morgan fingerprint density at radius 2 is 2.07 bits per heavy atom. The van der Waals surface area contributed by atoms with Crippen LogP contribution in [0.5, 0.6) is 0 Å². The van der Waals surface area contributed by atoms with Crippen molar-refractivity contribution in [3.63, 3.8) is 0 Å². The summed E-state index contributed by atoms with van der Waals surface area (Å²) in [6.45, 7) is 0. The highest BCUT2D eigenvalue weighted by atomic mass is 32.1. The number of hydrogen-bond acceptors (Lipinski definition) is 3. The normalized spacial score (nSPS) is 10.0. The lowest BCUT2D eigenvalue weighted by molar-refractivity contribution is 1.02. The summed E-state index contributed by atoms with van der Waals surface area (Å²) in [4.78, 5) is 5.46. The molecule has 0 spiro atoms. The zero-order chi connectivity index (χ0) is 9.80. The van der Waals surface area contributed by atoms with Crippen LogP contribution in [0.1, 0.15) is 12.0 Å². The molecule has 2 heterocycles. The molecule has 0 unspecified atom stereocenters. The van der Waals surface area contributed by atoms with Crippen LogP contribution in [0, 0.1) is 5.41 Å². The van der Waals surface area contributed by atoms with E-state index in [2.05, 4.69) is 16.4 Å². The molecule has 2 aromatic heterocycles. The topological polar surface area (TPSA) is 36.7 Å². The van der Waals surface area contributed by atoms with Crippen LogP contribution in [0.15, 0.2) is 41.8 Å². The zero-order valence-electron chi connectivity index (χ0n) is 8.60. The van der Waals surface area contributed by atoms with Gasteiger partial charge in [0.15, 0.2) is 0 Å². The van der Waals surface area contributed by atoms with Crippen LogP contribution in [-0.2, 0) is 6.42 Å². The second-order valence-electron chi connectivity index (χ2n) is 2.96. The van der Waals surface area contributed by atoms with Crippen molar-refractivity contribution in [2.75, 3.05) is 0 Å². The van der Waals surface area contributed by atoms with E-state index in [1.807, 2.05) is 24.3 Å². The first kappa shape index (κ1) is 9.09. The average molecular weight is 203 g/mol. The van der Waals surface area contributed by atoms with E-state index in [4.69, 9.17) is 5.41 Å². The van der Waals surface area contributed by atoms with Gasteiger partial charge in [0.05, 0.1) is 0 Å². The van der Waals surface area contributed by atoms with Crippen molar-refractivity contribution in [1.29, 1.82) is 5.41 Å². The van der Waals surface area contributed by atoms with Crippen LogP contribution >= 0.6 is 11.3 Å². The molecule has 0 saturated carbocycles. The number of thiophene rings is 1. The summed E-state index contributed by atoms with van der Waals surface area (Å²) in [7, 11) is 0. The maximum atomic E-state index is 7.48. The van der Waals surface area contributed by atoms with Crippen molar-refractivity contribution < 1.29 is 1.43 Å². The van der Waals surface area contributed by atoms with Gasteiger partial charge in [0.2, 0.25) is 0 Å². The molecular formula is C11H11N2S+. The summed E-state index contributed by atoms with van der Waals surface area (Å²) in [5, 5.41) is 9.53. The van der Waals surface area contributed by atoms with Crippen molar-refractivity contribution >= 4 is 11.3 Å². The highest BCUT2D eigenvalue weighted by Crippen LogP contribution is 2.11. The standard InChI is InChI=1S/C11H10N2S/c12-11-6-2-1-4-9(13-11)8-10-5-3-7-14-10/h1-7,12H,8H2/p+1. The van der Waals surface area contributed by atoms with Gasteiger partial charge in [-0.2, -0.15) is 0 Å². The number of rotatable bonds is 2. The molecule has 0 aliphatic rings. The van der Waals surface area contributed by atoms with Crippen LogP contribution in [0.3, 0.4) is 0 Å². The molecule has 2 nitrogen and oxygen atoms in total. The Kier molecular flexibility index (Phi) is 2.70. The fraction of sp³-hybridized carbons (Fsp3) is 0.0909. The molecule has 0 aliphatic heterocycles. The molecule has 0 atom stereocenters. The lowest BCUT2D eigenvalue weighted by Gasteiger charge is -1.92. The fourth-order valence-corrected chi connectivity index (χ4v) is 1.95. The van der Waals surface area contributed by atoms with Gasteiger partial charge in [0.1, 0.15) is 5.49 Å². The molecule has 0 radical (unpaired) electrons. The lowest BCUT2D eigenvalue weighted by atomic mass is 10.2. The molecule has 70 valence electrons. The number of nitrogens with one attached hydrogen (secondary N) is 1. The lowest BCUT2D eigenvalue weighted by Crippen LogP contribution is -2.02. The maximum absolute atomic E-state index is 7.48. The molecule has 2 aromatic rings. The van der Waals surface area contributed by atoms with Gasteiger partial charge in [0.25, 0.3) is 0 Å². The molecule has 1 N–H and O–H groups in total. The third-order valence-corrected chi connectivity index (χ3v) is 2.73. The van der Waals surface area contributed by atoms with Gasteiger partial charge in [-0.05, 0) is 23.6 Å². The van der Waals surface area contributed by atoms with Crippen LogP contribution in [0.2, 0.25) is 0 Å². The Morgan fingerprint density at radius 1 is 1.21 bits per heavy atom. The smallest absolute Gasteiger partial charge is 0.283 e. The van der Waals surface area contributed by atoms with E-state index in [-0.39, 0.29) is 1.43 Å².